The molecular weight excluding hydrogens is 304 g/mol. The Morgan fingerprint density at radius 2 is 2.09 bits per heavy atom. The van der Waals surface area contributed by atoms with E-state index in [0.29, 0.717) is 25.6 Å². The number of aromatic nitrogens is 3. The van der Waals surface area contributed by atoms with Crippen molar-refractivity contribution in [3.8, 4) is 0 Å². The van der Waals surface area contributed by atoms with Gasteiger partial charge < -0.3 is 9.09 Å². The van der Waals surface area contributed by atoms with Crippen molar-refractivity contribution in [1.82, 2.24) is 19.6 Å². The minimum absolute atomic E-state index is 0.131. The summed E-state index contributed by atoms with van der Waals surface area (Å²) < 4.78 is 30.4. The number of nitrogens with zero attached hydrogens (tertiary/aromatic N) is 4. The van der Waals surface area contributed by atoms with Crippen LogP contribution in [0.1, 0.15) is 25.2 Å². The Kier molecular flexibility index (Phi) is 5.02. The molecule has 0 amide bonds. The molecule has 2 aromatic heterocycles. The van der Waals surface area contributed by atoms with Crippen LogP contribution in [0.15, 0.2) is 28.2 Å². The fraction of sp³-hybridized carbons (Fsp3) is 0.571. The third-order valence-electron chi connectivity index (χ3n) is 3.14. The summed E-state index contributed by atoms with van der Waals surface area (Å²) in [6, 6.07) is 1.81. The lowest BCUT2D eigenvalue weighted by Gasteiger charge is -2.18. The molecule has 0 aromatic carbocycles. The van der Waals surface area contributed by atoms with Crippen LogP contribution in [0.25, 0.3) is 0 Å². The first-order valence-electron chi connectivity index (χ1n) is 7.09. The molecule has 8 heteroatoms. The van der Waals surface area contributed by atoms with Gasteiger partial charge in [-0.2, -0.15) is 0 Å². The molecule has 0 aliphatic carbocycles. The van der Waals surface area contributed by atoms with Gasteiger partial charge in [-0.05, 0) is 13.0 Å². The zero-order valence-corrected chi connectivity index (χ0v) is 14.2. The fourth-order valence-corrected chi connectivity index (χ4v) is 3.14. The SMILES string of the molecule is CC(C)Cn1c(CN(C)Cc2ccon2)cnc1S(C)(=O)=O. The Morgan fingerprint density at radius 3 is 2.64 bits per heavy atom. The van der Waals surface area contributed by atoms with Gasteiger partial charge in [0.1, 0.15) is 6.26 Å². The Morgan fingerprint density at radius 1 is 1.36 bits per heavy atom. The molecule has 22 heavy (non-hydrogen) atoms. The number of rotatable bonds is 7. The number of hydrogen-bond donors (Lipinski definition) is 0. The fourth-order valence-electron chi connectivity index (χ4n) is 2.30. The highest BCUT2D eigenvalue weighted by atomic mass is 32.2. The van der Waals surface area contributed by atoms with Crippen LogP contribution in [0.2, 0.25) is 0 Å². The number of hydrogen-bond acceptors (Lipinski definition) is 6. The van der Waals surface area contributed by atoms with E-state index in [9.17, 15) is 8.42 Å². The molecule has 0 atom stereocenters. The first-order chi connectivity index (χ1) is 10.3. The van der Waals surface area contributed by atoms with Crippen LogP contribution in [-0.2, 0) is 29.5 Å². The van der Waals surface area contributed by atoms with Crippen molar-refractivity contribution >= 4 is 9.84 Å². The summed E-state index contributed by atoms with van der Waals surface area (Å²) in [4.78, 5) is 6.14. The summed E-state index contributed by atoms with van der Waals surface area (Å²) in [6.07, 6.45) is 4.36. The van der Waals surface area contributed by atoms with E-state index >= 15 is 0 Å². The van der Waals surface area contributed by atoms with E-state index in [2.05, 4.69) is 24.0 Å². The zero-order chi connectivity index (χ0) is 16.3. The van der Waals surface area contributed by atoms with Gasteiger partial charge in [0.15, 0.2) is 0 Å². The Bertz CT molecular complexity index is 705. The van der Waals surface area contributed by atoms with Gasteiger partial charge in [0.2, 0.25) is 15.0 Å². The van der Waals surface area contributed by atoms with Crippen LogP contribution in [-0.4, -0.2) is 41.3 Å². The summed E-state index contributed by atoms with van der Waals surface area (Å²) in [5, 5.41) is 4.01. The van der Waals surface area contributed by atoms with Crippen LogP contribution in [0.5, 0.6) is 0 Å². The van der Waals surface area contributed by atoms with E-state index < -0.39 is 9.84 Å². The van der Waals surface area contributed by atoms with Crippen molar-refractivity contribution in [2.75, 3.05) is 13.3 Å². The highest BCUT2D eigenvalue weighted by Gasteiger charge is 2.20. The van der Waals surface area contributed by atoms with Crippen molar-refractivity contribution < 1.29 is 12.9 Å². The van der Waals surface area contributed by atoms with Gasteiger partial charge in [0, 0.05) is 32.0 Å². The van der Waals surface area contributed by atoms with Crippen LogP contribution >= 0.6 is 0 Å². The highest BCUT2D eigenvalue weighted by molar-refractivity contribution is 7.90. The van der Waals surface area contributed by atoms with Crippen molar-refractivity contribution in [1.29, 1.82) is 0 Å². The molecule has 0 spiro atoms. The molecular formula is C14H22N4O3S. The highest BCUT2D eigenvalue weighted by Crippen LogP contribution is 2.16. The van der Waals surface area contributed by atoms with E-state index in [-0.39, 0.29) is 5.16 Å². The van der Waals surface area contributed by atoms with Crippen molar-refractivity contribution in [2.24, 2.45) is 5.92 Å². The second kappa shape index (κ2) is 6.62. The zero-order valence-electron chi connectivity index (χ0n) is 13.4. The minimum Gasteiger partial charge on any atom is -0.364 e. The quantitative estimate of drug-likeness (QED) is 0.768. The molecule has 122 valence electrons. The first-order valence-corrected chi connectivity index (χ1v) is 8.98. The minimum atomic E-state index is -3.34. The standard InChI is InChI=1S/C14H22N4O3S/c1-11(2)8-18-13(7-15-14(18)22(4,19)20)10-17(3)9-12-5-6-21-16-12/h5-7,11H,8-10H2,1-4H3. The largest absolute Gasteiger partial charge is 0.364 e. The second-order valence-corrected chi connectivity index (χ2v) is 7.88. The van der Waals surface area contributed by atoms with Gasteiger partial charge in [-0.1, -0.05) is 19.0 Å². The van der Waals surface area contributed by atoms with Crippen molar-refractivity contribution in [3.05, 3.63) is 29.9 Å². The van der Waals surface area contributed by atoms with Crippen LogP contribution < -0.4 is 0 Å². The predicted molar refractivity (Wildman–Crippen MR) is 81.8 cm³/mol. The normalized spacial score (nSPS) is 12.5. The molecule has 7 nitrogen and oxygen atoms in total. The predicted octanol–water partition coefficient (Wildman–Crippen LogP) is 1.56. The number of imidazole rings is 1. The lowest BCUT2D eigenvalue weighted by Crippen LogP contribution is -2.22. The lowest BCUT2D eigenvalue weighted by atomic mass is 10.2. The number of sulfone groups is 1. The van der Waals surface area contributed by atoms with Crippen LogP contribution in [0.3, 0.4) is 0 Å². The summed E-state index contributed by atoms with van der Waals surface area (Å²) in [5.41, 5.74) is 1.71. The average molecular weight is 326 g/mol. The average Bonchev–Trinajstić information content (AvgIpc) is 2.99. The second-order valence-electron chi connectivity index (χ2n) is 5.97. The van der Waals surface area contributed by atoms with Crippen molar-refractivity contribution in [2.45, 2.75) is 38.6 Å². The Labute approximate surface area is 130 Å². The van der Waals surface area contributed by atoms with E-state index in [4.69, 9.17) is 4.52 Å². The maximum Gasteiger partial charge on any atom is 0.227 e. The Balaban J connectivity index is 2.21. The van der Waals surface area contributed by atoms with Crippen LogP contribution in [0, 0.1) is 5.92 Å². The summed E-state index contributed by atoms with van der Waals surface area (Å²) >= 11 is 0. The molecule has 0 saturated heterocycles. The molecule has 0 N–H and O–H groups in total. The monoisotopic (exact) mass is 326 g/mol. The van der Waals surface area contributed by atoms with E-state index in [1.807, 2.05) is 18.0 Å². The molecule has 2 aromatic rings. The maximum atomic E-state index is 11.9. The van der Waals surface area contributed by atoms with E-state index in [1.165, 1.54) is 12.5 Å². The molecule has 2 heterocycles. The van der Waals surface area contributed by atoms with Gasteiger partial charge in [-0.15, -0.1) is 0 Å². The molecule has 0 fully saturated rings. The molecule has 0 saturated carbocycles. The molecule has 0 aliphatic rings. The topological polar surface area (TPSA) is 81.2 Å². The van der Waals surface area contributed by atoms with Gasteiger partial charge in [-0.25, -0.2) is 13.4 Å². The molecule has 0 bridgehead atoms. The summed E-state index contributed by atoms with van der Waals surface area (Å²) in [7, 11) is -1.39. The summed E-state index contributed by atoms with van der Waals surface area (Å²) in [5.74, 6) is 0.328. The van der Waals surface area contributed by atoms with Gasteiger partial charge >= 0.3 is 0 Å². The molecule has 0 radical (unpaired) electrons. The third-order valence-corrected chi connectivity index (χ3v) is 4.13. The van der Waals surface area contributed by atoms with Crippen LogP contribution in [0.4, 0.5) is 0 Å². The van der Waals surface area contributed by atoms with Gasteiger partial charge in [0.05, 0.1) is 17.6 Å². The molecule has 2 rings (SSSR count). The van der Waals surface area contributed by atoms with Crippen molar-refractivity contribution in [3.63, 3.8) is 0 Å². The molecule has 0 unspecified atom stereocenters. The maximum absolute atomic E-state index is 11.9. The van der Waals surface area contributed by atoms with Gasteiger partial charge in [-0.3, -0.25) is 4.90 Å². The molecule has 0 aliphatic heterocycles. The first kappa shape index (κ1) is 16.7. The van der Waals surface area contributed by atoms with Gasteiger partial charge in [0.25, 0.3) is 0 Å². The Hall–Kier alpha value is -1.67. The van der Waals surface area contributed by atoms with E-state index in [1.54, 1.807) is 10.8 Å². The third kappa shape index (κ3) is 4.17. The summed E-state index contributed by atoms with van der Waals surface area (Å²) in [6.45, 7) is 5.93. The van der Waals surface area contributed by atoms with E-state index in [0.717, 1.165) is 11.4 Å². The lowest BCUT2D eigenvalue weighted by molar-refractivity contribution is 0.292. The smallest absolute Gasteiger partial charge is 0.227 e.